The molecule has 2 rings (SSSR count). The molecule has 0 amide bonds. The zero-order chi connectivity index (χ0) is 13.3. The number of nitro groups is 1. The number of rotatable bonds is 2. The van der Waals surface area contributed by atoms with E-state index in [-0.39, 0.29) is 24.7 Å². The number of hydrogen-bond acceptors (Lipinski definition) is 6. The maximum absolute atomic E-state index is 13.9. The Kier molecular flexibility index (Phi) is 3.00. The second kappa shape index (κ2) is 4.47. The number of methoxy groups -OCH3 is 1. The van der Waals surface area contributed by atoms with Crippen molar-refractivity contribution in [3.05, 3.63) is 27.6 Å². The molecule has 0 N–H and O–H groups in total. The summed E-state index contributed by atoms with van der Waals surface area (Å²) >= 11 is 0. The molecule has 0 spiro atoms. The molecule has 0 saturated carbocycles. The molecular formula is C10H8FNO6. The van der Waals surface area contributed by atoms with Crippen molar-refractivity contribution in [2.75, 3.05) is 20.3 Å². The van der Waals surface area contributed by atoms with Gasteiger partial charge in [0.15, 0.2) is 11.5 Å². The van der Waals surface area contributed by atoms with Crippen molar-refractivity contribution in [2.24, 2.45) is 0 Å². The predicted octanol–water partition coefficient (Wildman–Crippen LogP) is 1.29. The van der Waals surface area contributed by atoms with E-state index in [9.17, 15) is 19.3 Å². The van der Waals surface area contributed by atoms with Crippen LogP contribution in [-0.2, 0) is 4.74 Å². The van der Waals surface area contributed by atoms with Crippen molar-refractivity contribution in [1.82, 2.24) is 0 Å². The van der Waals surface area contributed by atoms with E-state index < -0.39 is 28.0 Å². The first kappa shape index (κ1) is 12.1. The van der Waals surface area contributed by atoms with Crippen molar-refractivity contribution in [2.45, 2.75) is 0 Å². The zero-order valence-corrected chi connectivity index (χ0v) is 9.27. The summed E-state index contributed by atoms with van der Waals surface area (Å²) < 4.78 is 28.5. The van der Waals surface area contributed by atoms with E-state index >= 15 is 0 Å². The predicted molar refractivity (Wildman–Crippen MR) is 55.4 cm³/mol. The molecule has 0 atom stereocenters. The van der Waals surface area contributed by atoms with Gasteiger partial charge in [-0.25, -0.2) is 4.79 Å². The van der Waals surface area contributed by atoms with E-state index in [1.54, 1.807) is 0 Å². The van der Waals surface area contributed by atoms with Gasteiger partial charge >= 0.3 is 11.7 Å². The molecule has 0 bridgehead atoms. The standard InChI is InChI=1S/C10H8FNO6/c1-16-10(13)7-8(11)5(12(14)15)4-6-9(7)18-3-2-17-6/h4H,2-3H2,1H3. The highest BCUT2D eigenvalue weighted by Crippen LogP contribution is 2.40. The normalized spacial score (nSPS) is 13.0. The second-order valence-electron chi connectivity index (χ2n) is 3.36. The molecule has 1 aliphatic rings. The Bertz CT molecular complexity index is 530. The number of benzene rings is 1. The summed E-state index contributed by atoms with van der Waals surface area (Å²) in [5.41, 5.74) is -1.49. The summed E-state index contributed by atoms with van der Waals surface area (Å²) in [5.74, 6) is -2.57. The van der Waals surface area contributed by atoms with Gasteiger partial charge in [-0.2, -0.15) is 4.39 Å². The smallest absolute Gasteiger partial charge is 0.345 e. The molecule has 0 fully saturated rings. The Morgan fingerprint density at radius 2 is 2.17 bits per heavy atom. The molecule has 1 aliphatic heterocycles. The van der Waals surface area contributed by atoms with Crippen LogP contribution >= 0.6 is 0 Å². The molecule has 1 aromatic rings. The van der Waals surface area contributed by atoms with Gasteiger partial charge in [-0.15, -0.1) is 0 Å². The van der Waals surface area contributed by atoms with Crippen LogP contribution in [0.15, 0.2) is 6.07 Å². The molecule has 7 nitrogen and oxygen atoms in total. The van der Waals surface area contributed by atoms with Crippen LogP contribution in [-0.4, -0.2) is 31.2 Å². The highest BCUT2D eigenvalue weighted by molar-refractivity contribution is 5.95. The van der Waals surface area contributed by atoms with Crippen molar-refractivity contribution < 1.29 is 28.3 Å². The van der Waals surface area contributed by atoms with E-state index in [1.807, 2.05) is 0 Å². The summed E-state index contributed by atoms with van der Waals surface area (Å²) in [6.45, 7) is 0.282. The average molecular weight is 257 g/mol. The first-order valence-electron chi connectivity index (χ1n) is 4.91. The van der Waals surface area contributed by atoms with Crippen LogP contribution in [0.1, 0.15) is 10.4 Å². The lowest BCUT2D eigenvalue weighted by Gasteiger charge is -2.20. The van der Waals surface area contributed by atoms with Gasteiger partial charge in [-0.3, -0.25) is 10.1 Å². The minimum atomic E-state index is -1.30. The van der Waals surface area contributed by atoms with E-state index in [4.69, 9.17) is 9.47 Å². The third kappa shape index (κ3) is 1.81. The number of ether oxygens (including phenoxy) is 3. The minimum absolute atomic E-state index is 0.0465. The second-order valence-corrected chi connectivity index (χ2v) is 3.36. The van der Waals surface area contributed by atoms with Crippen molar-refractivity contribution in [3.8, 4) is 11.5 Å². The van der Waals surface area contributed by atoms with Gasteiger partial charge in [0.1, 0.15) is 18.8 Å². The van der Waals surface area contributed by atoms with Crippen LogP contribution in [0.5, 0.6) is 11.5 Å². The van der Waals surface area contributed by atoms with Gasteiger partial charge in [0.25, 0.3) is 0 Å². The number of fused-ring (bicyclic) bond motifs is 1. The van der Waals surface area contributed by atoms with E-state index in [2.05, 4.69) is 4.74 Å². The minimum Gasteiger partial charge on any atom is -0.486 e. The van der Waals surface area contributed by atoms with Crippen molar-refractivity contribution >= 4 is 11.7 Å². The SMILES string of the molecule is COC(=O)c1c(F)c([N+](=O)[O-])cc2c1OCCO2. The average Bonchev–Trinajstić information content (AvgIpc) is 2.37. The first-order chi connectivity index (χ1) is 8.56. The van der Waals surface area contributed by atoms with Crippen molar-refractivity contribution in [1.29, 1.82) is 0 Å². The van der Waals surface area contributed by atoms with Crippen LogP contribution in [0.4, 0.5) is 10.1 Å². The molecule has 0 radical (unpaired) electrons. The Balaban J connectivity index is 2.70. The fraction of sp³-hybridized carbons (Fsp3) is 0.300. The van der Waals surface area contributed by atoms with E-state index in [1.165, 1.54) is 0 Å². The molecule has 0 saturated heterocycles. The van der Waals surface area contributed by atoms with Crippen LogP contribution in [0.25, 0.3) is 0 Å². The molecule has 0 aromatic heterocycles. The van der Waals surface area contributed by atoms with Gasteiger partial charge < -0.3 is 14.2 Å². The van der Waals surface area contributed by atoms with Gasteiger partial charge in [0, 0.05) is 0 Å². The quantitative estimate of drug-likeness (QED) is 0.450. The summed E-state index contributed by atoms with van der Waals surface area (Å²) in [4.78, 5) is 21.2. The largest absolute Gasteiger partial charge is 0.486 e. The van der Waals surface area contributed by atoms with E-state index in [0.717, 1.165) is 13.2 Å². The zero-order valence-electron chi connectivity index (χ0n) is 9.27. The number of halogens is 1. The summed E-state index contributed by atoms with van der Waals surface area (Å²) in [5, 5.41) is 10.7. The van der Waals surface area contributed by atoms with Gasteiger partial charge in [0.05, 0.1) is 18.1 Å². The molecule has 96 valence electrons. The van der Waals surface area contributed by atoms with Crippen LogP contribution in [0.3, 0.4) is 0 Å². The highest BCUT2D eigenvalue weighted by Gasteiger charge is 2.32. The van der Waals surface area contributed by atoms with Crippen LogP contribution < -0.4 is 9.47 Å². The molecule has 8 heteroatoms. The fourth-order valence-electron chi connectivity index (χ4n) is 1.57. The van der Waals surface area contributed by atoms with Gasteiger partial charge in [-0.1, -0.05) is 0 Å². The topological polar surface area (TPSA) is 87.9 Å². The van der Waals surface area contributed by atoms with Gasteiger partial charge in [-0.05, 0) is 0 Å². The lowest BCUT2D eigenvalue weighted by molar-refractivity contribution is -0.387. The molecule has 0 aliphatic carbocycles. The summed E-state index contributed by atoms with van der Waals surface area (Å²) in [6.07, 6.45) is 0. The molecule has 18 heavy (non-hydrogen) atoms. The summed E-state index contributed by atoms with van der Waals surface area (Å²) in [7, 11) is 1.04. The Hall–Kier alpha value is -2.38. The number of nitro benzene ring substituents is 1. The fourth-order valence-corrected chi connectivity index (χ4v) is 1.57. The van der Waals surface area contributed by atoms with Gasteiger partial charge in [0.2, 0.25) is 5.82 Å². The third-order valence-corrected chi connectivity index (χ3v) is 2.34. The maximum atomic E-state index is 13.9. The van der Waals surface area contributed by atoms with Crippen LogP contribution in [0, 0.1) is 15.9 Å². The number of carbonyl (C=O) groups is 1. The number of nitrogens with zero attached hydrogens (tertiary/aromatic N) is 1. The lowest BCUT2D eigenvalue weighted by Crippen LogP contribution is -2.20. The third-order valence-electron chi connectivity index (χ3n) is 2.34. The van der Waals surface area contributed by atoms with E-state index in [0.29, 0.717) is 0 Å². The van der Waals surface area contributed by atoms with Crippen LogP contribution in [0.2, 0.25) is 0 Å². The summed E-state index contributed by atoms with van der Waals surface area (Å²) in [6, 6.07) is 0.885. The Morgan fingerprint density at radius 3 is 2.78 bits per heavy atom. The molecule has 1 aromatic carbocycles. The Morgan fingerprint density at radius 1 is 1.50 bits per heavy atom. The molecule has 1 heterocycles. The molecular weight excluding hydrogens is 249 g/mol. The number of esters is 1. The lowest BCUT2D eigenvalue weighted by atomic mass is 10.1. The number of hydrogen-bond donors (Lipinski definition) is 0. The number of carbonyl (C=O) groups excluding carboxylic acids is 1. The maximum Gasteiger partial charge on any atom is 0.345 e. The molecule has 0 unspecified atom stereocenters. The monoisotopic (exact) mass is 257 g/mol. The van der Waals surface area contributed by atoms with Crippen molar-refractivity contribution in [3.63, 3.8) is 0 Å². The Labute approximate surface area is 100 Å². The highest BCUT2D eigenvalue weighted by atomic mass is 19.1. The first-order valence-corrected chi connectivity index (χ1v) is 4.91.